The molecule has 0 bridgehead atoms. The van der Waals surface area contributed by atoms with Crippen LogP contribution in [0.5, 0.6) is 5.75 Å². The summed E-state index contributed by atoms with van der Waals surface area (Å²) < 4.78 is 5.26. The molecule has 1 aromatic rings. The molecule has 1 saturated heterocycles. The maximum Gasteiger partial charge on any atom is 0.335 e. The molecule has 0 spiro atoms. The molecule has 0 aromatic heterocycles. The van der Waals surface area contributed by atoms with Crippen LogP contribution in [0.25, 0.3) is 0 Å². The molecule has 3 amide bonds. The zero-order valence-electron chi connectivity index (χ0n) is 12.8. The van der Waals surface area contributed by atoms with Crippen molar-refractivity contribution in [1.29, 1.82) is 0 Å². The largest absolute Gasteiger partial charge is 0.496 e. The average Bonchev–Trinajstić information content (AvgIpc) is 2.73. The van der Waals surface area contributed by atoms with Crippen LogP contribution in [-0.4, -0.2) is 30.1 Å². The second-order valence-corrected chi connectivity index (χ2v) is 6.13. The van der Waals surface area contributed by atoms with Gasteiger partial charge in [0.2, 0.25) is 0 Å². The Balaban J connectivity index is 2.72. The van der Waals surface area contributed by atoms with E-state index in [4.69, 9.17) is 9.84 Å². The normalized spacial score (nSPS) is 21.3. The lowest BCUT2D eigenvalue weighted by molar-refractivity contribution is -0.128. The van der Waals surface area contributed by atoms with Gasteiger partial charge in [-0.2, -0.15) is 0 Å². The van der Waals surface area contributed by atoms with E-state index >= 15 is 0 Å². The van der Waals surface area contributed by atoms with Gasteiger partial charge in [-0.25, -0.2) is 9.59 Å². The van der Waals surface area contributed by atoms with E-state index in [1.54, 1.807) is 0 Å². The molecule has 1 unspecified atom stereocenters. The lowest BCUT2D eigenvalue weighted by Crippen LogP contribution is -2.54. The number of rotatable bonds is 3. The van der Waals surface area contributed by atoms with Crippen molar-refractivity contribution >= 4 is 17.9 Å². The number of amides is 3. The molecule has 1 fully saturated rings. The van der Waals surface area contributed by atoms with Crippen molar-refractivity contribution in [3.8, 4) is 5.75 Å². The smallest absolute Gasteiger partial charge is 0.335 e. The number of imide groups is 1. The Morgan fingerprint density at radius 3 is 2.32 bits per heavy atom. The highest BCUT2D eigenvalue weighted by atomic mass is 16.5. The van der Waals surface area contributed by atoms with Crippen molar-refractivity contribution in [3.05, 3.63) is 29.3 Å². The standard InChI is InChI=1S/C15H18N2O5/c1-14(2,3)15(12(20)16-13(21)17-15)9-6-5-8(11(18)19)7-10(9)22-4/h5-7H,1-4H3,(H,18,19)(H2,16,17,20,21). The number of carboxylic acids is 1. The second-order valence-electron chi connectivity index (χ2n) is 6.13. The highest BCUT2D eigenvalue weighted by Crippen LogP contribution is 2.45. The number of urea groups is 1. The van der Waals surface area contributed by atoms with Crippen LogP contribution >= 0.6 is 0 Å². The average molecular weight is 306 g/mol. The summed E-state index contributed by atoms with van der Waals surface area (Å²) in [6.07, 6.45) is 0. The van der Waals surface area contributed by atoms with Crippen LogP contribution in [0.2, 0.25) is 0 Å². The van der Waals surface area contributed by atoms with Crippen LogP contribution in [0.15, 0.2) is 18.2 Å². The summed E-state index contributed by atoms with van der Waals surface area (Å²) >= 11 is 0. The number of nitrogens with one attached hydrogen (secondary N) is 2. The molecule has 0 radical (unpaired) electrons. The molecule has 7 heteroatoms. The molecule has 1 aromatic carbocycles. The summed E-state index contributed by atoms with van der Waals surface area (Å²) in [6.45, 7) is 5.42. The third-order valence-electron chi connectivity index (χ3n) is 3.85. The van der Waals surface area contributed by atoms with Crippen molar-refractivity contribution in [1.82, 2.24) is 10.6 Å². The minimum absolute atomic E-state index is 0.0365. The third kappa shape index (κ3) is 2.18. The zero-order valence-corrected chi connectivity index (χ0v) is 12.8. The number of methoxy groups -OCH3 is 1. The Kier molecular flexibility index (Phi) is 3.60. The summed E-state index contributed by atoms with van der Waals surface area (Å²) in [5.41, 5.74) is -1.56. The number of hydrogen-bond donors (Lipinski definition) is 3. The monoisotopic (exact) mass is 306 g/mol. The lowest BCUT2D eigenvalue weighted by Gasteiger charge is -2.39. The molecule has 3 N–H and O–H groups in total. The van der Waals surface area contributed by atoms with Crippen LogP contribution in [0, 0.1) is 5.41 Å². The van der Waals surface area contributed by atoms with Gasteiger partial charge in [0.25, 0.3) is 5.91 Å². The molecular formula is C15H18N2O5. The van der Waals surface area contributed by atoms with Crippen molar-refractivity contribution < 1.29 is 24.2 Å². The van der Waals surface area contributed by atoms with Crippen LogP contribution in [0.4, 0.5) is 4.79 Å². The Bertz CT molecular complexity index is 662. The molecular weight excluding hydrogens is 288 g/mol. The van der Waals surface area contributed by atoms with Crippen molar-refractivity contribution in [2.24, 2.45) is 5.41 Å². The van der Waals surface area contributed by atoms with E-state index in [1.807, 2.05) is 20.8 Å². The summed E-state index contributed by atoms with van der Waals surface area (Å²) in [7, 11) is 1.38. The molecule has 22 heavy (non-hydrogen) atoms. The first-order valence-electron chi connectivity index (χ1n) is 6.69. The van der Waals surface area contributed by atoms with Gasteiger partial charge in [0, 0.05) is 5.56 Å². The van der Waals surface area contributed by atoms with Gasteiger partial charge in [0.05, 0.1) is 12.7 Å². The van der Waals surface area contributed by atoms with Gasteiger partial charge in [-0.3, -0.25) is 10.1 Å². The molecule has 1 atom stereocenters. The summed E-state index contributed by atoms with van der Waals surface area (Å²) in [6, 6.07) is 3.62. The Morgan fingerprint density at radius 1 is 1.27 bits per heavy atom. The number of carbonyl (C=O) groups is 3. The lowest BCUT2D eigenvalue weighted by atomic mass is 9.69. The van der Waals surface area contributed by atoms with Gasteiger partial charge >= 0.3 is 12.0 Å². The number of hydrogen-bond acceptors (Lipinski definition) is 4. The molecule has 118 valence electrons. The van der Waals surface area contributed by atoms with Crippen LogP contribution < -0.4 is 15.4 Å². The fourth-order valence-corrected chi connectivity index (χ4v) is 2.71. The molecule has 7 nitrogen and oxygen atoms in total. The van der Waals surface area contributed by atoms with E-state index < -0.39 is 28.9 Å². The predicted molar refractivity (Wildman–Crippen MR) is 77.8 cm³/mol. The van der Waals surface area contributed by atoms with E-state index in [-0.39, 0.29) is 11.3 Å². The van der Waals surface area contributed by atoms with Crippen LogP contribution in [0.1, 0.15) is 36.7 Å². The fraction of sp³-hybridized carbons (Fsp3) is 0.400. The van der Waals surface area contributed by atoms with Crippen molar-refractivity contribution in [2.45, 2.75) is 26.3 Å². The summed E-state index contributed by atoms with van der Waals surface area (Å²) in [4.78, 5) is 35.3. The van der Waals surface area contributed by atoms with Gasteiger partial charge in [-0.1, -0.05) is 26.8 Å². The van der Waals surface area contributed by atoms with E-state index in [1.165, 1.54) is 25.3 Å². The van der Waals surface area contributed by atoms with E-state index in [9.17, 15) is 14.4 Å². The molecule has 1 aliphatic heterocycles. The fourth-order valence-electron chi connectivity index (χ4n) is 2.71. The minimum Gasteiger partial charge on any atom is -0.496 e. The zero-order chi connectivity index (χ0) is 16.7. The molecule has 0 saturated carbocycles. The quantitative estimate of drug-likeness (QED) is 0.734. The predicted octanol–water partition coefficient (Wildman–Crippen LogP) is 1.47. The maximum atomic E-state index is 12.5. The SMILES string of the molecule is COc1cc(C(=O)O)ccc1C1(C(C)(C)C)NC(=O)NC1=O. The number of ether oxygens (including phenoxy) is 1. The van der Waals surface area contributed by atoms with Crippen molar-refractivity contribution in [3.63, 3.8) is 0 Å². The highest BCUT2D eigenvalue weighted by Gasteiger charge is 2.56. The topological polar surface area (TPSA) is 105 Å². The van der Waals surface area contributed by atoms with Crippen LogP contribution in [-0.2, 0) is 10.3 Å². The van der Waals surface area contributed by atoms with E-state index in [0.717, 1.165) is 0 Å². The first-order chi connectivity index (χ1) is 10.1. The van der Waals surface area contributed by atoms with Gasteiger partial charge < -0.3 is 15.2 Å². The number of benzene rings is 1. The molecule has 0 aliphatic carbocycles. The van der Waals surface area contributed by atoms with Crippen molar-refractivity contribution in [2.75, 3.05) is 7.11 Å². The third-order valence-corrected chi connectivity index (χ3v) is 3.85. The first kappa shape index (κ1) is 15.8. The Labute approximate surface area is 127 Å². The summed E-state index contributed by atoms with van der Waals surface area (Å²) in [5.74, 6) is -1.37. The minimum atomic E-state index is -1.34. The van der Waals surface area contributed by atoms with Crippen LogP contribution in [0.3, 0.4) is 0 Å². The van der Waals surface area contributed by atoms with Gasteiger partial charge in [-0.05, 0) is 17.5 Å². The van der Waals surface area contributed by atoms with Gasteiger partial charge in [-0.15, -0.1) is 0 Å². The summed E-state index contributed by atoms with van der Waals surface area (Å²) in [5, 5.41) is 14.0. The Hall–Kier alpha value is -2.57. The second kappa shape index (κ2) is 5.01. The number of carbonyl (C=O) groups excluding carboxylic acids is 2. The molecule has 2 rings (SSSR count). The Morgan fingerprint density at radius 2 is 1.91 bits per heavy atom. The maximum absolute atomic E-state index is 12.5. The van der Waals surface area contributed by atoms with Gasteiger partial charge in [0.15, 0.2) is 5.54 Å². The van der Waals surface area contributed by atoms with E-state index in [2.05, 4.69) is 10.6 Å². The molecule has 1 heterocycles. The molecule has 1 aliphatic rings. The number of carboxylic acid groups (broad SMARTS) is 1. The van der Waals surface area contributed by atoms with Gasteiger partial charge in [0.1, 0.15) is 5.75 Å². The first-order valence-corrected chi connectivity index (χ1v) is 6.69. The highest BCUT2D eigenvalue weighted by molar-refractivity contribution is 6.08. The van der Waals surface area contributed by atoms with E-state index in [0.29, 0.717) is 5.56 Å². The number of aromatic carboxylic acids is 1.